The van der Waals surface area contributed by atoms with Gasteiger partial charge in [0.2, 0.25) is 0 Å². The summed E-state index contributed by atoms with van der Waals surface area (Å²) in [7, 11) is 5.01. The van der Waals surface area contributed by atoms with Gasteiger partial charge in [-0.05, 0) is 35.9 Å². The standard InChI is InChI=1S/C25H35N5OSSi/c1-28(2)20-8-7-9-21(12-20)32-22-13-23-24(19-14-27-29(3)16-19)17-30(25(23)26-15-22)18-31-10-11-33(4,5)6/h7-9,12-16,24H,10-11,17-18H2,1-6H3. The summed E-state index contributed by atoms with van der Waals surface area (Å²) in [5.41, 5.74) is 3.68. The molecule has 3 heterocycles. The molecule has 0 saturated heterocycles. The first-order valence-electron chi connectivity index (χ1n) is 11.5. The summed E-state index contributed by atoms with van der Waals surface area (Å²) >= 11 is 1.76. The van der Waals surface area contributed by atoms with E-state index in [-0.39, 0.29) is 5.92 Å². The number of benzene rings is 1. The Morgan fingerprint density at radius 2 is 1.97 bits per heavy atom. The van der Waals surface area contributed by atoms with Crippen molar-refractivity contribution in [2.45, 2.75) is 41.4 Å². The number of fused-ring (bicyclic) bond motifs is 1. The van der Waals surface area contributed by atoms with Gasteiger partial charge in [-0.15, -0.1) is 0 Å². The second-order valence-corrected chi connectivity index (χ2v) is 16.9. The third-order valence-electron chi connectivity index (χ3n) is 5.89. The summed E-state index contributed by atoms with van der Waals surface area (Å²) < 4.78 is 7.97. The van der Waals surface area contributed by atoms with Crippen molar-refractivity contribution >= 4 is 31.3 Å². The minimum atomic E-state index is -1.10. The normalized spacial score (nSPS) is 15.7. The first-order chi connectivity index (χ1) is 15.7. The second-order valence-electron chi connectivity index (χ2n) is 10.1. The van der Waals surface area contributed by atoms with Gasteiger partial charge in [0.15, 0.2) is 0 Å². The van der Waals surface area contributed by atoms with Gasteiger partial charge < -0.3 is 14.5 Å². The quantitative estimate of drug-likeness (QED) is 0.305. The van der Waals surface area contributed by atoms with Crippen LogP contribution in [0.3, 0.4) is 0 Å². The maximum absolute atomic E-state index is 6.09. The van der Waals surface area contributed by atoms with E-state index in [9.17, 15) is 0 Å². The highest BCUT2D eigenvalue weighted by atomic mass is 32.2. The number of rotatable bonds is 9. The number of aromatic nitrogens is 3. The summed E-state index contributed by atoms with van der Waals surface area (Å²) in [5, 5.41) is 4.42. The van der Waals surface area contributed by atoms with E-state index in [1.807, 2.05) is 24.1 Å². The van der Waals surface area contributed by atoms with Crippen LogP contribution in [0.4, 0.5) is 11.5 Å². The molecular weight excluding hydrogens is 446 g/mol. The van der Waals surface area contributed by atoms with E-state index in [0.717, 1.165) is 23.9 Å². The van der Waals surface area contributed by atoms with Gasteiger partial charge in [0, 0.05) is 81.7 Å². The molecule has 8 heteroatoms. The Labute approximate surface area is 203 Å². The van der Waals surface area contributed by atoms with Crippen molar-refractivity contribution in [1.82, 2.24) is 14.8 Å². The Bertz CT molecular complexity index is 1090. The third-order valence-corrected chi connectivity index (χ3v) is 8.54. The highest BCUT2D eigenvalue weighted by molar-refractivity contribution is 7.99. The van der Waals surface area contributed by atoms with Crippen molar-refractivity contribution < 1.29 is 4.74 Å². The summed E-state index contributed by atoms with van der Waals surface area (Å²) in [6.07, 6.45) is 6.08. The Morgan fingerprint density at radius 3 is 2.67 bits per heavy atom. The lowest BCUT2D eigenvalue weighted by molar-refractivity contribution is 0.147. The molecule has 0 N–H and O–H groups in total. The molecule has 176 valence electrons. The van der Waals surface area contributed by atoms with Gasteiger partial charge in [-0.2, -0.15) is 5.10 Å². The van der Waals surface area contributed by atoms with Crippen molar-refractivity contribution in [2.75, 3.05) is 43.8 Å². The molecule has 0 amide bonds. The monoisotopic (exact) mass is 481 g/mol. The van der Waals surface area contributed by atoms with E-state index in [1.54, 1.807) is 11.8 Å². The third kappa shape index (κ3) is 5.99. The number of nitrogens with zero attached hydrogens (tertiary/aromatic N) is 5. The zero-order valence-corrected chi connectivity index (χ0v) is 22.4. The largest absolute Gasteiger partial charge is 0.378 e. The van der Waals surface area contributed by atoms with E-state index >= 15 is 0 Å². The molecule has 1 atom stereocenters. The topological polar surface area (TPSA) is 46.4 Å². The minimum Gasteiger partial charge on any atom is -0.378 e. The smallest absolute Gasteiger partial charge is 0.134 e. The number of anilines is 2. The molecule has 1 unspecified atom stereocenters. The highest BCUT2D eigenvalue weighted by Gasteiger charge is 2.32. The van der Waals surface area contributed by atoms with Crippen LogP contribution in [0.25, 0.3) is 0 Å². The maximum atomic E-state index is 6.09. The zero-order valence-electron chi connectivity index (χ0n) is 20.6. The summed E-state index contributed by atoms with van der Waals surface area (Å²) in [4.78, 5) is 11.7. The van der Waals surface area contributed by atoms with E-state index in [4.69, 9.17) is 9.72 Å². The predicted molar refractivity (Wildman–Crippen MR) is 140 cm³/mol. The Balaban J connectivity index is 1.56. The summed E-state index contributed by atoms with van der Waals surface area (Å²) in [6.45, 7) is 9.41. The molecule has 0 bridgehead atoms. The molecule has 1 aliphatic rings. The Hall–Kier alpha value is -2.29. The number of pyridine rings is 1. The summed E-state index contributed by atoms with van der Waals surface area (Å²) in [6, 6.07) is 12.1. The average Bonchev–Trinajstić information content (AvgIpc) is 3.34. The van der Waals surface area contributed by atoms with Crippen molar-refractivity contribution in [3.05, 3.63) is 60.0 Å². The molecule has 0 radical (unpaired) electrons. The van der Waals surface area contributed by atoms with Crippen LogP contribution in [0.2, 0.25) is 25.7 Å². The van der Waals surface area contributed by atoms with Crippen LogP contribution in [0.15, 0.2) is 58.7 Å². The average molecular weight is 482 g/mol. The molecule has 4 rings (SSSR count). The van der Waals surface area contributed by atoms with E-state index in [1.165, 1.54) is 27.8 Å². The Kier molecular flexibility index (Phi) is 7.16. The zero-order chi connectivity index (χ0) is 23.6. The SMILES string of the molecule is CN(C)c1cccc(Sc2cnc3c(c2)C(c2cnn(C)c2)CN3COCC[Si](C)(C)C)c1. The van der Waals surface area contributed by atoms with Gasteiger partial charge in [-0.3, -0.25) is 4.68 Å². The lowest BCUT2D eigenvalue weighted by Crippen LogP contribution is -2.28. The first-order valence-corrected chi connectivity index (χ1v) is 16.0. The van der Waals surface area contributed by atoms with Crippen molar-refractivity contribution in [3.8, 4) is 0 Å². The number of ether oxygens (including phenoxy) is 1. The molecule has 0 fully saturated rings. The molecule has 1 aromatic carbocycles. The minimum absolute atomic E-state index is 0.246. The van der Waals surface area contributed by atoms with E-state index < -0.39 is 8.07 Å². The fourth-order valence-corrected chi connectivity index (χ4v) is 5.62. The lowest BCUT2D eigenvalue weighted by atomic mass is 9.97. The van der Waals surface area contributed by atoms with Crippen molar-refractivity contribution in [1.29, 1.82) is 0 Å². The molecule has 2 aromatic heterocycles. The maximum Gasteiger partial charge on any atom is 0.134 e. The van der Waals surface area contributed by atoms with Crippen LogP contribution in [0, 0.1) is 0 Å². The van der Waals surface area contributed by atoms with Crippen LogP contribution in [-0.2, 0) is 11.8 Å². The van der Waals surface area contributed by atoms with Crippen LogP contribution in [0.5, 0.6) is 0 Å². The molecule has 3 aromatic rings. The van der Waals surface area contributed by atoms with Crippen molar-refractivity contribution in [3.63, 3.8) is 0 Å². The van der Waals surface area contributed by atoms with E-state index in [0.29, 0.717) is 6.73 Å². The highest BCUT2D eigenvalue weighted by Crippen LogP contribution is 2.41. The molecule has 1 aliphatic heterocycles. The number of hydrogen-bond acceptors (Lipinski definition) is 6. The molecule has 33 heavy (non-hydrogen) atoms. The van der Waals surface area contributed by atoms with Gasteiger partial charge in [0.25, 0.3) is 0 Å². The van der Waals surface area contributed by atoms with Gasteiger partial charge in [0.1, 0.15) is 12.5 Å². The second kappa shape index (κ2) is 9.91. The molecule has 0 saturated carbocycles. The van der Waals surface area contributed by atoms with Crippen LogP contribution < -0.4 is 9.80 Å². The molecule has 6 nitrogen and oxygen atoms in total. The fraction of sp³-hybridized carbons (Fsp3) is 0.440. The van der Waals surface area contributed by atoms with Crippen LogP contribution in [0.1, 0.15) is 17.0 Å². The van der Waals surface area contributed by atoms with E-state index in [2.05, 4.69) is 85.2 Å². The van der Waals surface area contributed by atoms with Crippen molar-refractivity contribution in [2.24, 2.45) is 7.05 Å². The van der Waals surface area contributed by atoms with Gasteiger partial charge in [0.05, 0.1) is 6.20 Å². The summed E-state index contributed by atoms with van der Waals surface area (Å²) in [5.74, 6) is 1.28. The first kappa shape index (κ1) is 23.9. The van der Waals surface area contributed by atoms with Gasteiger partial charge >= 0.3 is 0 Å². The van der Waals surface area contributed by atoms with Gasteiger partial charge in [-0.25, -0.2) is 4.98 Å². The number of aryl methyl sites for hydroxylation is 1. The fourth-order valence-electron chi connectivity index (χ4n) is 3.97. The number of hydrogen-bond donors (Lipinski definition) is 0. The van der Waals surface area contributed by atoms with Crippen LogP contribution in [-0.4, -0.2) is 56.8 Å². The molecule has 0 spiro atoms. The Morgan fingerprint density at radius 1 is 1.15 bits per heavy atom. The predicted octanol–water partition coefficient (Wildman–Crippen LogP) is 5.30. The molecule has 0 aliphatic carbocycles. The lowest BCUT2D eigenvalue weighted by Gasteiger charge is -2.21. The molecular formula is C25H35N5OSSi. The van der Waals surface area contributed by atoms with Gasteiger partial charge in [-0.1, -0.05) is 37.5 Å². The van der Waals surface area contributed by atoms with Crippen LogP contribution >= 0.6 is 11.8 Å².